The molecule has 0 aromatic heterocycles. The highest BCUT2D eigenvalue weighted by Gasteiger charge is 2.19. The lowest BCUT2D eigenvalue weighted by atomic mass is 9.82. The molecule has 0 saturated heterocycles. The van der Waals surface area contributed by atoms with Gasteiger partial charge in [0.05, 0.1) is 0 Å². The molecule has 3 rings (SSSR count). The predicted octanol–water partition coefficient (Wildman–Crippen LogP) is 2.22. The zero-order valence-electron chi connectivity index (χ0n) is 18.5. The number of aliphatic hydroxyl groups excluding tert-OH is 1. The monoisotopic (exact) mass is 447 g/mol. The topological polar surface area (TPSA) is 122 Å². The van der Waals surface area contributed by atoms with Crippen LogP contribution in [0.25, 0.3) is 0 Å². The smallest absolute Gasteiger partial charge is 0.251 e. The van der Waals surface area contributed by atoms with Gasteiger partial charge in [-0.25, -0.2) is 0 Å². The second kappa shape index (κ2) is 12.0. The van der Waals surface area contributed by atoms with Crippen molar-refractivity contribution in [1.29, 1.82) is 0 Å². The Bertz CT molecular complexity index is 1030. The van der Waals surface area contributed by atoms with Gasteiger partial charge in [-0.1, -0.05) is 31.1 Å². The van der Waals surface area contributed by atoms with Gasteiger partial charge in [-0.2, -0.15) is 0 Å². The molecule has 0 bridgehead atoms. The van der Waals surface area contributed by atoms with E-state index < -0.39 is 24.3 Å². The summed E-state index contributed by atoms with van der Waals surface area (Å²) in [5, 5.41) is 14.4. The number of nitrogens with one attached hydrogen (secondary N) is 2. The molecule has 0 aliphatic heterocycles. The first kappa shape index (κ1) is 24.2. The summed E-state index contributed by atoms with van der Waals surface area (Å²) in [7, 11) is 0. The van der Waals surface area contributed by atoms with E-state index in [1.807, 2.05) is 24.3 Å². The highest BCUT2D eigenvalue weighted by molar-refractivity contribution is 5.98. The van der Waals surface area contributed by atoms with Crippen molar-refractivity contribution in [2.24, 2.45) is 11.7 Å². The number of amides is 2. The summed E-state index contributed by atoms with van der Waals surface area (Å²) >= 11 is 0. The molecule has 1 fully saturated rings. The number of rotatable bonds is 9. The first-order valence-electron chi connectivity index (χ1n) is 11.1. The van der Waals surface area contributed by atoms with Gasteiger partial charge < -0.3 is 21.5 Å². The number of benzene rings is 2. The van der Waals surface area contributed by atoms with Crippen molar-refractivity contribution in [2.75, 3.05) is 18.5 Å². The Morgan fingerprint density at radius 1 is 1.00 bits per heavy atom. The van der Waals surface area contributed by atoms with Gasteiger partial charge >= 0.3 is 0 Å². The van der Waals surface area contributed by atoms with Gasteiger partial charge in [0.2, 0.25) is 5.91 Å². The Hall–Kier alpha value is -3.47. The van der Waals surface area contributed by atoms with Gasteiger partial charge in [0.15, 0.2) is 5.78 Å². The lowest BCUT2D eigenvalue weighted by Gasteiger charge is -2.24. The normalized spacial score (nSPS) is 13.8. The van der Waals surface area contributed by atoms with Gasteiger partial charge in [0.25, 0.3) is 5.91 Å². The van der Waals surface area contributed by atoms with E-state index in [9.17, 15) is 14.4 Å². The van der Waals surface area contributed by atoms with Gasteiger partial charge in [-0.3, -0.25) is 14.4 Å². The number of carbonyl (C=O) groups excluding carboxylic acids is 3. The molecule has 2 amide bonds. The first-order chi connectivity index (χ1) is 16.0. The maximum atomic E-state index is 12.3. The third kappa shape index (κ3) is 7.28. The van der Waals surface area contributed by atoms with E-state index in [0.717, 1.165) is 29.2 Å². The van der Waals surface area contributed by atoms with E-state index in [0.29, 0.717) is 12.0 Å². The molecule has 2 aromatic rings. The second-order valence-electron chi connectivity index (χ2n) is 8.17. The SMILES string of the molecule is NC[C@H](NC(=O)c1ccc(C#Cc2ccc(NC(=O)CCC3CCC3)cc2)cc1)C(=O)CO. The van der Waals surface area contributed by atoms with Crippen LogP contribution in [0, 0.1) is 17.8 Å². The highest BCUT2D eigenvalue weighted by atomic mass is 16.3. The van der Waals surface area contributed by atoms with E-state index in [4.69, 9.17) is 10.8 Å². The molecule has 172 valence electrons. The van der Waals surface area contributed by atoms with Crippen LogP contribution < -0.4 is 16.4 Å². The summed E-state index contributed by atoms with van der Waals surface area (Å²) in [6, 6.07) is 13.1. The van der Waals surface area contributed by atoms with Crippen molar-refractivity contribution in [1.82, 2.24) is 5.32 Å². The van der Waals surface area contributed by atoms with E-state index in [2.05, 4.69) is 22.5 Å². The third-order valence-electron chi connectivity index (χ3n) is 5.76. The molecule has 1 aliphatic rings. The summed E-state index contributed by atoms with van der Waals surface area (Å²) in [4.78, 5) is 35.9. The summed E-state index contributed by atoms with van der Waals surface area (Å²) in [5.74, 6) is 5.87. The highest BCUT2D eigenvalue weighted by Crippen LogP contribution is 2.30. The Balaban J connectivity index is 1.52. The minimum Gasteiger partial charge on any atom is -0.388 e. The molecule has 33 heavy (non-hydrogen) atoms. The van der Waals surface area contributed by atoms with Crippen LogP contribution in [0.3, 0.4) is 0 Å². The van der Waals surface area contributed by atoms with Crippen LogP contribution in [-0.2, 0) is 9.59 Å². The molecule has 1 saturated carbocycles. The molecule has 0 radical (unpaired) electrons. The number of carbonyl (C=O) groups is 3. The minimum absolute atomic E-state index is 0.0448. The fourth-order valence-electron chi connectivity index (χ4n) is 3.45. The van der Waals surface area contributed by atoms with Crippen LogP contribution in [0.2, 0.25) is 0 Å². The molecular weight excluding hydrogens is 418 g/mol. The van der Waals surface area contributed by atoms with Gasteiger partial charge in [0, 0.05) is 35.3 Å². The molecule has 1 atom stereocenters. The molecule has 7 nitrogen and oxygen atoms in total. The van der Waals surface area contributed by atoms with Crippen LogP contribution in [0.15, 0.2) is 48.5 Å². The lowest BCUT2D eigenvalue weighted by Crippen LogP contribution is -2.46. The van der Waals surface area contributed by atoms with Crippen molar-refractivity contribution in [3.05, 3.63) is 65.2 Å². The molecule has 7 heteroatoms. The van der Waals surface area contributed by atoms with Crippen LogP contribution in [0.5, 0.6) is 0 Å². The number of anilines is 1. The number of Topliss-reactive ketones (excluding diaryl/α,β-unsaturated/α-hetero) is 1. The summed E-state index contributed by atoms with van der Waals surface area (Å²) in [6.07, 6.45) is 5.31. The molecule has 0 unspecified atom stereocenters. The molecule has 0 spiro atoms. The van der Waals surface area contributed by atoms with Crippen molar-refractivity contribution in [3.8, 4) is 11.8 Å². The summed E-state index contributed by atoms with van der Waals surface area (Å²) in [5.41, 5.74) is 8.12. The van der Waals surface area contributed by atoms with Gasteiger partial charge in [0.1, 0.15) is 12.6 Å². The number of ketones is 1. The van der Waals surface area contributed by atoms with Crippen molar-refractivity contribution >= 4 is 23.3 Å². The summed E-state index contributed by atoms with van der Waals surface area (Å²) in [6.45, 7) is -0.762. The Kier molecular flexibility index (Phi) is 8.76. The zero-order valence-corrected chi connectivity index (χ0v) is 18.5. The van der Waals surface area contributed by atoms with Gasteiger partial charge in [-0.05, 0) is 60.9 Å². The standard InChI is InChI=1S/C26H29N3O4/c27-16-23(24(31)17-30)29-26(33)21-11-6-19(7-12-21)4-5-20-8-13-22(14-9-20)28-25(32)15-10-18-2-1-3-18/h6-9,11-14,18,23,30H,1-3,10,15-17,27H2,(H,28,32)(H,29,33)/t23-/m0/s1. The molecule has 5 N–H and O–H groups in total. The first-order valence-corrected chi connectivity index (χ1v) is 11.1. The second-order valence-corrected chi connectivity index (χ2v) is 8.17. The van der Waals surface area contributed by atoms with E-state index in [1.54, 1.807) is 24.3 Å². The van der Waals surface area contributed by atoms with Gasteiger partial charge in [-0.15, -0.1) is 0 Å². The lowest BCUT2D eigenvalue weighted by molar-refractivity contribution is -0.123. The number of hydrogen-bond acceptors (Lipinski definition) is 5. The van der Waals surface area contributed by atoms with E-state index in [-0.39, 0.29) is 12.5 Å². The Labute approximate surface area is 193 Å². The Morgan fingerprint density at radius 3 is 2.12 bits per heavy atom. The van der Waals surface area contributed by atoms with Crippen molar-refractivity contribution in [3.63, 3.8) is 0 Å². The van der Waals surface area contributed by atoms with E-state index in [1.165, 1.54) is 19.3 Å². The molecule has 2 aromatic carbocycles. The van der Waals surface area contributed by atoms with Crippen molar-refractivity contribution < 1.29 is 19.5 Å². The largest absolute Gasteiger partial charge is 0.388 e. The molecule has 1 aliphatic carbocycles. The molecular formula is C26H29N3O4. The van der Waals surface area contributed by atoms with Crippen LogP contribution in [-0.4, -0.2) is 41.9 Å². The summed E-state index contributed by atoms with van der Waals surface area (Å²) < 4.78 is 0. The zero-order chi connectivity index (χ0) is 23.6. The minimum atomic E-state index is -0.919. The predicted molar refractivity (Wildman–Crippen MR) is 126 cm³/mol. The average Bonchev–Trinajstić information content (AvgIpc) is 2.80. The van der Waals surface area contributed by atoms with E-state index >= 15 is 0 Å². The van der Waals surface area contributed by atoms with Crippen molar-refractivity contribution in [2.45, 2.75) is 38.1 Å². The van der Waals surface area contributed by atoms with Crippen LogP contribution >= 0.6 is 0 Å². The average molecular weight is 448 g/mol. The van der Waals surface area contributed by atoms with Crippen LogP contribution in [0.4, 0.5) is 5.69 Å². The number of aliphatic hydroxyl groups is 1. The fourth-order valence-corrected chi connectivity index (χ4v) is 3.45. The maximum absolute atomic E-state index is 12.3. The molecule has 0 heterocycles. The third-order valence-corrected chi connectivity index (χ3v) is 5.76. The Morgan fingerprint density at radius 2 is 1.61 bits per heavy atom. The fraction of sp³-hybridized carbons (Fsp3) is 0.346. The number of hydrogen-bond donors (Lipinski definition) is 4. The number of nitrogens with two attached hydrogens (primary N) is 1. The quantitative estimate of drug-likeness (QED) is 0.439. The van der Waals surface area contributed by atoms with Crippen LogP contribution in [0.1, 0.15) is 53.6 Å². The maximum Gasteiger partial charge on any atom is 0.251 e.